The molecule has 82 valence electrons. The number of phenolic OH excluding ortho intramolecular Hbond substituents is 2. The van der Waals surface area contributed by atoms with E-state index in [4.69, 9.17) is 0 Å². The molecule has 0 aliphatic rings. The van der Waals surface area contributed by atoms with Gasteiger partial charge in [-0.25, -0.2) is 0 Å². The van der Waals surface area contributed by atoms with Crippen LogP contribution in [0.15, 0.2) is 48.5 Å². The molecule has 0 heterocycles. The van der Waals surface area contributed by atoms with Crippen LogP contribution in [0.4, 0.5) is 11.4 Å². The molecule has 2 aromatic carbocycles. The van der Waals surface area contributed by atoms with E-state index in [0.29, 0.717) is 11.4 Å². The predicted octanol–water partition coefficient (Wildman–Crippen LogP) is 2.54. The van der Waals surface area contributed by atoms with Gasteiger partial charge in [0.15, 0.2) is 0 Å². The van der Waals surface area contributed by atoms with E-state index >= 15 is 0 Å². The van der Waals surface area contributed by atoms with Gasteiger partial charge in [0.05, 0.1) is 11.4 Å². The van der Waals surface area contributed by atoms with Gasteiger partial charge in [-0.15, -0.1) is 0 Å². The highest BCUT2D eigenvalue weighted by Gasteiger charge is 2.00. The van der Waals surface area contributed by atoms with Crippen LogP contribution in [0, 0.1) is 0 Å². The summed E-state index contributed by atoms with van der Waals surface area (Å²) < 4.78 is 0. The van der Waals surface area contributed by atoms with Crippen LogP contribution in [0.2, 0.25) is 0 Å². The van der Waals surface area contributed by atoms with Gasteiger partial charge in [0.2, 0.25) is 0 Å². The summed E-state index contributed by atoms with van der Waals surface area (Å²) in [6.07, 6.45) is 0. The van der Waals surface area contributed by atoms with Gasteiger partial charge in [-0.3, -0.25) is 10.9 Å². The molecular weight excluding hydrogens is 204 g/mol. The first-order valence-electron chi connectivity index (χ1n) is 4.85. The molecule has 2 rings (SSSR count). The Morgan fingerprint density at radius 2 is 1.00 bits per heavy atom. The molecule has 0 fully saturated rings. The van der Waals surface area contributed by atoms with Crippen molar-refractivity contribution in [2.75, 3.05) is 10.9 Å². The van der Waals surface area contributed by atoms with Gasteiger partial charge in [0.25, 0.3) is 0 Å². The van der Waals surface area contributed by atoms with Crippen molar-refractivity contribution in [1.29, 1.82) is 0 Å². The standard InChI is InChI=1S/C12H12N2O2/c15-11-7-3-1-5-9(11)13-14-10-6-2-4-8-12(10)16/h1-8,13-16H. The third-order valence-corrected chi connectivity index (χ3v) is 2.14. The van der Waals surface area contributed by atoms with Crippen molar-refractivity contribution >= 4 is 11.4 Å². The number of hydrogen-bond donors (Lipinski definition) is 4. The van der Waals surface area contributed by atoms with Crippen LogP contribution < -0.4 is 10.9 Å². The molecule has 0 aromatic heterocycles. The molecule has 2 aromatic rings. The van der Waals surface area contributed by atoms with E-state index in [1.807, 2.05) is 0 Å². The molecular formula is C12H12N2O2. The normalized spacial score (nSPS) is 9.75. The largest absolute Gasteiger partial charge is 0.506 e. The van der Waals surface area contributed by atoms with Gasteiger partial charge in [-0.2, -0.15) is 0 Å². The third kappa shape index (κ3) is 2.17. The van der Waals surface area contributed by atoms with Crippen LogP contribution in [0.3, 0.4) is 0 Å². The van der Waals surface area contributed by atoms with Crippen molar-refractivity contribution in [3.63, 3.8) is 0 Å². The van der Waals surface area contributed by atoms with Crippen LogP contribution in [-0.4, -0.2) is 10.2 Å². The van der Waals surface area contributed by atoms with Crippen LogP contribution >= 0.6 is 0 Å². The number of anilines is 2. The average Bonchev–Trinajstić information content (AvgIpc) is 2.30. The van der Waals surface area contributed by atoms with Gasteiger partial charge < -0.3 is 10.2 Å². The molecule has 0 saturated heterocycles. The van der Waals surface area contributed by atoms with Crippen molar-refractivity contribution in [2.45, 2.75) is 0 Å². The number of rotatable bonds is 3. The quantitative estimate of drug-likeness (QED) is 0.470. The zero-order valence-corrected chi connectivity index (χ0v) is 8.51. The molecule has 0 atom stereocenters. The molecule has 4 heteroatoms. The molecule has 0 bridgehead atoms. The number of nitrogens with one attached hydrogen (secondary N) is 2. The lowest BCUT2D eigenvalue weighted by Gasteiger charge is -2.11. The molecule has 0 aliphatic carbocycles. The zero-order valence-electron chi connectivity index (χ0n) is 8.51. The molecule has 0 spiro atoms. The summed E-state index contributed by atoms with van der Waals surface area (Å²) in [5.41, 5.74) is 6.71. The first kappa shape index (κ1) is 10.2. The van der Waals surface area contributed by atoms with Gasteiger partial charge in [-0.1, -0.05) is 24.3 Å². The number of aromatic hydroxyl groups is 2. The number of phenols is 2. The summed E-state index contributed by atoms with van der Waals surface area (Å²) >= 11 is 0. The number of hydrazine groups is 1. The summed E-state index contributed by atoms with van der Waals surface area (Å²) in [7, 11) is 0. The Bertz CT molecular complexity index is 440. The lowest BCUT2D eigenvalue weighted by molar-refractivity contribution is 0.475. The Kier molecular flexibility index (Phi) is 2.82. The van der Waals surface area contributed by atoms with Crippen LogP contribution in [0.25, 0.3) is 0 Å². The molecule has 4 nitrogen and oxygen atoms in total. The van der Waals surface area contributed by atoms with Gasteiger partial charge in [0.1, 0.15) is 11.5 Å². The van der Waals surface area contributed by atoms with Crippen LogP contribution in [0.5, 0.6) is 11.5 Å². The Morgan fingerprint density at radius 1 is 0.625 bits per heavy atom. The number of benzene rings is 2. The summed E-state index contributed by atoms with van der Waals surface area (Å²) in [4.78, 5) is 0. The van der Waals surface area contributed by atoms with E-state index in [9.17, 15) is 10.2 Å². The maximum Gasteiger partial charge on any atom is 0.140 e. The zero-order chi connectivity index (χ0) is 11.4. The van der Waals surface area contributed by atoms with E-state index < -0.39 is 0 Å². The topological polar surface area (TPSA) is 64.5 Å². The molecule has 0 saturated carbocycles. The minimum absolute atomic E-state index is 0.144. The fourth-order valence-corrected chi connectivity index (χ4v) is 1.29. The Labute approximate surface area is 93.1 Å². The predicted molar refractivity (Wildman–Crippen MR) is 63.5 cm³/mol. The second-order valence-electron chi connectivity index (χ2n) is 3.28. The fourth-order valence-electron chi connectivity index (χ4n) is 1.29. The minimum Gasteiger partial charge on any atom is -0.506 e. The van der Waals surface area contributed by atoms with Crippen molar-refractivity contribution in [1.82, 2.24) is 0 Å². The summed E-state index contributed by atoms with van der Waals surface area (Å²) in [6.45, 7) is 0. The summed E-state index contributed by atoms with van der Waals surface area (Å²) in [6, 6.07) is 13.7. The van der Waals surface area contributed by atoms with E-state index in [-0.39, 0.29) is 11.5 Å². The molecule has 16 heavy (non-hydrogen) atoms. The molecule has 0 radical (unpaired) electrons. The second-order valence-corrected chi connectivity index (χ2v) is 3.28. The van der Waals surface area contributed by atoms with Crippen molar-refractivity contribution in [2.24, 2.45) is 0 Å². The average molecular weight is 216 g/mol. The molecule has 4 N–H and O–H groups in total. The molecule has 0 aliphatic heterocycles. The van der Waals surface area contributed by atoms with Crippen molar-refractivity contribution < 1.29 is 10.2 Å². The van der Waals surface area contributed by atoms with Crippen molar-refractivity contribution in [3.8, 4) is 11.5 Å². The van der Waals surface area contributed by atoms with E-state index in [0.717, 1.165) is 0 Å². The first-order chi connectivity index (χ1) is 7.77. The summed E-state index contributed by atoms with van der Waals surface area (Å²) in [5, 5.41) is 19.0. The highest BCUT2D eigenvalue weighted by atomic mass is 16.3. The second kappa shape index (κ2) is 4.44. The Balaban J connectivity index is 2.09. The fraction of sp³-hybridized carbons (Fsp3) is 0. The first-order valence-corrected chi connectivity index (χ1v) is 4.85. The lowest BCUT2D eigenvalue weighted by Crippen LogP contribution is -2.08. The van der Waals surface area contributed by atoms with Crippen LogP contribution in [-0.2, 0) is 0 Å². The number of hydrogen-bond acceptors (Lipinski definition) is 4. The Morgan fingerprint density at radius 3 is 1.38 bits per heavy atom. The van der Waals surface area contributed by atoms with Gasteiger partial charge in [-0.05, 0) is 24.3 Å². The van der Waals surface area contributed by atoms with E-state index in [1.165, 1.54) is 0 Å². The SMILES string of the molecule is Oc1ccccc1NNc1ccccc1O. The van der Waals surface area contributed by atoms with E-state index in [2.05, 4.69) is 10.9 Å². The van der Waals surface area contributed by atoms with E-state index in [1.54, 1.807) is 48.5 Å². The van der Waals surface area contributed by atoms with Gasteiger partial charge in [0, 0.05) is 0 Å². The third-order valence-electron chi connectivity index (χ3n) is 2.14. The monoisotopic (exact) mass is 216 g/mol. The smallest absolute Gasteiger partial charge is 0.140 e. The van der Waals surface area contributed by atoms with Crippen molar-refractivity contribution in [3.05, 3.63) is 48.5 Å². The highest BCUT2D eigenvalue weighted by Crippen LogP contribution is 2.24. The van der Waals surface area contributed by atoms with Gasteiger partial charge >= 0.3 is 0 Å². The minimum atomic E-state index is 0.144. The summed E-state index contributed by atoms with van der Waals surface area (Å²) in [5.74, 6) is 0.288. The molecule has 0 unspecified atom stereocenters. The maximum atomic E-state index is 9.49. The highest BCUT2D eigenvalue weighted by molar-refractivity contribution is 5.62. The Hall–Kier alpha value is -2.36. The maximum absolute atomic E-state index is 9.49. The molecule has 0 amide bonds. The van der Waals surface area contributed by atoms with Crippen LogP contribution in [0.1, 0.15) is 0 Å². The lowest BCUT2D eigenvalue weighted by atomic mass is 10.3. The number of para-hydroxylation sites is 4.